The lowest BCUT2D eigenvalue weighted by Crippen LogP contribution is -2.39. The molecule has 2 rings (SSSR count). The van der Waals surface area contributed by atoms with Crippen molar-refractivity contribution in [2.45, 2.75) is 32.4 Å². The molecule has 1 saturated heterocycles. The Bertz CT molecular complexity index is 477. The predicted octanol–water partition coefficient (Wildman–Crippen LogP) is 2.14. The zero-order valence-corrected chi connectivity index (χ0v) is 13.3. The molecule has 0 spiro atoms. The predicted molar refractivity (Wildman–Crippen MR) is 83.8 cm³/mol. The van der Waals surface area contributed by atoms with Crippen LogP contribution in [0.15, 0.2) is 24.3 Å². The number of hydrogen-bond acceptors (Lipinski definition) is 4. The van der Waals surface area contributed by atoms with Crippen LogP contribution in [0.2, 0.25) is 0 Å². The fraction of sp³-hybridized carbons (Fsp3) is 0.588. The summed E-state index contributed by atoms with van der Waals surface area (Å²) < 4.78 is 16.2. The van der Waals surface area contributed by atoms with Crippen molar-refractivity contribution >= 4 is 5.91 Å². The first kappa shape index (κ1) is 16.8. The molecule has 2 atom stereocenters. The van der Waals surface area contributed by atoms with Crippen LogP contribution in [0.3, 0.4) is 0 Å². The van der Waals surface area contributed by atoms with E-state index >= 15 is 0 Å². The third-order valence-corrected chi connectivity index (χ3v) is 3.91. The highest BCUT2D eigenvalue weighted by atomic mass is 16.5. The van der Waals surface area contributed by atoms with Crippen molar-refractivity contribution in [1.29, 1.82) is 0 Å². The van der Waals surface area contributed by atoms with Gasteiger partial charge in [0.15, 0.2) is 0 Å². The molecule has 0 aliphatic carbocycles. The van der Waals surface area contributed by atoms with Gasteiger partial charge in [-0.05, 0) is 25.8 Å². The zero-order valence-electron chi connectivity index (χ0n) is 13.3. The molecule has 1 aliphatic rings. The van der Waals surface area contributed by atoms with Crippen molar-refractivity contribution in [3.8, 4) is 5.75 Å². The van der Waals surface area contributed by atoms with E-state index in [0.717, 1.165) is 30.8 Å². The van der Waals surface area contributed by atoms with Gasteiger partial charge in [0, 0.05) is 25.8 Å². The van der Waals surface area contributed by atoms with Gasteiger partial charge in [-0.1, -0.05) is 18.2 Å². The summed E-state index contributed by atoms with van der Waals surface area (Å²) in [5.74, 6) is 0.780. The van der Waals surface area contributed by atoms with Gasteiger partial charge in [-0.2, -0.15) is 0 Å². The average Bonchev–Trinajstić information content (AvgIpc) is 2.54. The first-order valence-corrected chi connectivity index (χ1v) is 7.81. The standard InChI is InChI=1S/C17H25NO4/c1-13-15(7-5-9-21-13)17(19)18-12-14-6-3-4-8-16(14)22-11-10-20-2/h3-4,6,8,13,15H,5,7,9-12H2,1-2H3,(H,18,19)/t13-,15-/m1/s1. The summed E-state index contributed by atoms with van der Waals surface area (Å²) in [5, 5.41) is 3.00. The number of nitrogens with one attached hydrogen (secondary N) is 1. The van der Waals surface area contributed by atoms with E-state index in [4.69, 9.17) is 14.2 Å². The molecule has 1 aliphatic heterocycles. The van der Waals surface area contributed by atoms with E-state index < -0.39 is 0 Å². The molecule has 1 N–H and O–H groups in total. The quantitative estimate of drug-likeness (QED) is 0.784. The van der Waals surface area contributed by atoms with E-state index in [1.165, 1.54) is 0 Å². The van der Waals surface area contributed by atoms with Crippen LogP contribution in [0.1, 0.15) is 25.3 Å². The molecule has 5 nitrogen and oxygen atoms in total. The molecule has 1 aromatic rings. The molecule has 0 saturated carbocycles. The number of ether oxygens (including phenoxy) is 3. The van der Waals surface area contributed by atoms with Gasteiger partial charge in [0.2, 0.25) is 5.91 Å². The number of rotatable bonds is 7. The van der Waals surface area contributed by atoms with E-state index in [0.29, 0.717) is 19.8 Å². The van der Waals surface area contributed by atoms with E-state index in [1.807, 2.05) is 31.2 Å². The summed E-state index contributed by atoms with van der Waals surface area (Å²) in [6.45, 7) is 4.21. The van der Waals surface area contributed by atoms with Crippen molar-refractivity contribution in [1.82, 2.24) is 5.32 Å². The van der Waals surface area contributed by atoms with Crippen LogP contribution < -0.4 is 10.1 Å². The third-order valence-electron chi connectivity index (χ3n) is 3.91. The number of para-hydroxylation sites is 1. The lowest BCUT2D eigenvalue weighted by atomic mass is 9.94. The van der Waals surface area contributed by atoms with Crippen LogP contribution in [0.5, 0.6) is 5.75 Å². The highest BCUT2D eigenvalue weighted by Gasteiger charge is 2.28. The van der Waals surface area contributed by atoms with Crippen LogP contribution >= 0.6 is 0 Å². The number of amides is 1. The Labute approximate surface area is 131 Å². The second-order valence-corrected chi connectivity index (χ2v) is 5.49. The molecule has 1 heterocycles. The Kier molecular flexibility index (Phi) is 6.68. The normalized spacial score (nSPS) is 21.4. The molecule has 0 bridgehead atoms. The molecule has 1 aromatic carbocycles. The molecule has 0 aromatic heterocycles. The third kappa shape index (κ3) is 4.71. The molecule has 22 heavy (non-hydrogen) atoms. The second kappa shape index (κ2) is 8.76. The SMILES string of the molecule is COCCOc1ccccc1CNC(=O)[C@@H]1CCCO[C@@H]1C. The summed E-state index contributed by atoms with van der Waals surface area (Å²) in [4.78, 5) is 12.3. The molecule has 122 valence electrons. The van der Waals surface area contributed by atoms with Crippen molar-refractivity contribution in [3.63, 3.8) is 0 Å². The summed E-state index contributed by atoms with van der Waals surface area (Å²) in [5.41, 5.74) is 0.969. The molecule has 1 fully saturated rings. The van der Waals surface area contributed by atoms with Crippen LogP contribution in [-0.2, 0) is 20.8 Å². The van der Waals surface area contributed by atoms with Crippen molar-refractivity contribution in [3.05, 3.63) is 29.8 Å². The van der Waals surface area contributed by atoms with Crippen LogP contribution in [-0.4, -0.2) is 38.9 Å². The van der Waals surface area contributed by atoms with Gasteiger partial charge < -0.3 is 19.5 Å². The zero-order chi connectivity index (χ0) is 15.8. The Morgan fingerprint density at radius 2 is 2.18 bits per heavy atom. The van der Waals surface area contributed by atoms with E-state index in [-0.39, 0.29) is 17.9 Å². The van der Waals surface area contributed by atoms with Crippen molar-refractivity contribution < 1.29 is 19.0 Å². The van der Waals surface area contributed by atoms with Crippen LogP contribution in [0, 0.1) is 5.92 Å². The maximum Gasteiger partial charge on any atom is 0.225 e. The fourth-order valence-corrected chi connectivity index (χ4v) is 2.61. The summed E-state index contributed by atoms with van der Waals surface area (Å²) in [7, 11) is 1.64. The molecular weight excluding hydrogens is 282 g/mol. The van der Waals surface area contributed by atoms with E-state index in [1.54, 1.807) is 7.11 Å². The minimum Gasteiger partial charge on any atom is -0.491 e. The molecule has 0 unspecified atom stereocenters. The first-order chi connectivity index (χ1) is 10.7. The van der Waals surface area contributed by atoms with Crippen LogP contribution in [0.25, 0.3) is 0 Å². The van der Waals surface area contributed by atoms with Crippen LogP contribution in [0.4, 0.5) is 0 Å². The highest BCUT2D eigenvalue weighted by Crippen LogP contribution is 2.22. The van der Waals surface area contributed by atoms with E-state index in [9.17, 15) is 4.79 Å². The van der Waals surface area contributed by atoms with Gasteiger partial charge in [0.1, 0.15) is 12.4 Å². The number of benzene rings is 1. The Hall–Kier alpha value is -1.59. The van der Waals surface area contributed by atoms with Crippen molar-refractivity contribution in [2.75, 3.05) is 26.9 Å². The topological polar surface area (TPSA) is 56.8 Å². The monoisotopic (exact) mass is 307 g/mol. The maximum atomic E-state index is 12.3. The average molecular weight is 307 g/mol. The maximum absolute atomic E-state index is 12.3. The highest BCUT2D eigenvalue weighted by molar-refractivity contribution is 5.79. The van der Waals surface area contributed by atoms with Gasteiger partial charge in [-0.25, -0.2) is 0 Å². The van der Waals surface area contributed by atoms with Gasteiger partial charge in [-0.15, -0.1) is 0 Å². The number of carbonyl (C=O) groups is 1. The molecule has 1 amide bonds. The first-order valence-electron chi connectivity index (χ1n) is 7.81. The minimum atomic E-state index is -0.0599. The molecular formula is C17H25NO4. The van der Waals surface area contributed by atoms with Gasteiger partial charge in [-0.3, -0.25) is 4.79 Å². The van der Waals surface area contributed by atoms with Gasteiger partial charge in [0.25, 0.3) is 0 Å². The lowest BCUT2D eigenvalue weighted by Gasteiger charge is -2.28. The Morgan fingerprint density at radius 3 is 2.95 bits per heavy atom. The summed E-state index contributed by atoms with van der Waals surface area (Å²) >= 11 is 0. The smallest absolute Gasteiger partial charge is 0.225 e. The molecule has 0 radical (unpaired) electrons. The lowest BCUT2D eigenvalue weighted by molar-refractivity contribution is -0.133. The molecule has 5 heteroatoms. The number of hydrogen-bond donors (Lipinski definition) is 1. The van der Waals surface area contributed by atoms with E-state index in [2.05, 4.69) is 5.32 Å². The largest absolute Gasteiger partial charge is 0.491 e. The number of carbonyl (C=O) groups excluding carboxylic acids is 1. The van der Waals surface area contributed by atoms with Gasteiger partial charge >= 0.3 is 0 Å². The summed E-state index contributed by atoms with van der Waals surface area (Å²) in [6.07, 6.45) is 1.82. The summed E-state index contributed by atoms with van der Waals surface area (Å²) in [6, 6.07) is 7.73. The Morgan fingerprint density at radius 1 is 1.36 bits per heavy atom. The second-order valence-electron chi connectivity index (χ2n) is 5.49. The fourth-order valence-electron chi connectivity index (χ4n) is 2.61. The Balaban J connectivity index is 1.89. The van der Waals surface area contributed by atoms with Gasteiger partial charge in [0.05, 0.1) is 18.6 Å². The number of methoxy groups -OCH3 is 1. The minimum absolute atomic E-state index is 0.0121. The van der Waals surface area contributed by atoms with Crippen molar-refractivity contribution in [2.24, 2.45) is 5.92 Å².